The van der Waals surface area contributed by atoms with Crippen LogP contribution in [0.5, 0.6) is 5.75 Å². The Labute approximate surface area is 187 Å². The van der Waals surface area contributed by atoms with E-state index in [1.54, 1.807) is 25.1 Å². The van der Waals surface area contributed by atoms with E-state index >= 15 is 0 Å². The average molecular weight is 461 g/mol. The fraction of sp³-hybridized carbons (Fsp3) is 0.261. The van der Waals surface area contributed by atoms with Crippen LogP contribution in [0.15, 0.2) is 66.7 Å². The molecule has 0 aliphatic heterocycles. The summed E-state index contributed by atoms with van der Waals surface area (Å²) < 4.78 is 31.9. The third-order valence-corrected chi connectivity index (χ3v) is 6.22. The van der Waals surface area contributed by atoms with Crippen LogP contribution in [0, 0.1) is 0 Å². The Morgan fingerprint density at radius 2 is 1.81 bits per heavy atom. The van der Waals surface area contributed by atoms with Gasteiger partial charge < -0.3 is 10.1 Å². The molecule has 0 aliphatic rings. The predicted octanol–water partition coefficient (Wildman–Crippen LogP) is 4.23. The van der Waals surface area contributed by atoms with E-state index in [2.05, 4.69) is 5.32 Å². The highest BCUT2D eigenvalue weighted by molar-refractivity contribution is 7.92. The van der Waals surface area contributed by atoms with Crippen LogP contribution in [0.2, 0.25) is 5.02 Å². The van der Waals surface area contributed by atoms with Crippen molar-refractivity contribution < 1.29 is 17.9 Å². The Morgan fingerprint density at radius 3 is 2.52 bits per heavy atom. The zero-order valence-corrected chi connectivity index (χ0v) is 19.0. The molecule has 0 heterocycles. The molecule has 31 heavy (non-hydrogen) atoms. The second-order valence-corrected chi connectivity index (χ2v) is 9.38. The van der Waals surface area contributed by atoms with Crippen LogP contribution in [0.3, 0.4) is 0 Å². The Morgan fingerprint density at radius 1 is 1.10 bits per heavy atom. The lowest BCUT2D eigenvalue weighted by Gasteiger charge is -2.30. The maximum Gasteiger partial charge on any atom is 0.244 e. The molecule has 1 unspecified atom stereocenters. The van der Waals surface area contributed by atoms with Crippen molar-refractivity contribution in [2.45, 2.75) is 19.4 Å². The maximum atomic E-state index is 12.8. The van der Waals surface area contributed by atoms with Crippen LogP contribution >= 0.6 is 11.6 Å². The highest BCUT2D eigenvalue weighted by Gasteiger charge is 2.31. The van der Waals surface area contributed by atoms with Crippen LogP contribution in [0.1, 0.15) is 13.3 Å². The molecule has 3 rings (SSSR count). The molecule has 3 aromatic rings. The van der Waals surface area contributed by atoms with E-state index in [9.17, 15) is 13.2 Å². The lowest BCUT2D eigenvalue weighted by Crippen LogP contribution is -2.50. The summed E-state index contributed by atoms with van der Waals surface area (Å²) in [4.78, 5) is 12.8. The van der Waals surface area contributed by atoms with Gasteiger partial charge in [0.1, 0.15) is 18.4 Å². The number of halogens is 1. The van der Waals surface area contributed by atoms with Crippen molar-refractivity contribution in [1.82, 2.24) is 5.32 Å². The minimum Gasteiger partial charge on any atom is -0.491 e. The van der Waals surface area contributed by atoms with Gasteiger partial charge in [-0.15, -0.1) is 0 Å². The smallest absolute Gasteiger partial charge is 0.244 e. The molecule has 0 aliphatic carbocycles. The molecule has 6 nitrogen and oxygen atoms in total. The summed E-state index contributed by atoms with van der Waals surface area (Å²) in [5.41, 5.74) is 0.351. The van der Waals surface area contributed by atoms with E-state index < -0.39 is 22.0 Å². The number of sulfonamides is 1. The van der Waals surface area contributed by atoms with Gasteiger partial charge in [-0.25, -0.2) is 8.42 Å². The van der Waals surface area contributed by atoms with Crippen LogP contribution in [0.4, 0.5) is 5.69 Å². The van der Waals surface area contributed by atoms with Crippen LogP contribution in [0.25, 0.3) is 10.8 Å². The lowest BCUT2D eigenvalue weighted by molar-refractivity contribution is -0.122. The fourth-order valence-electron chi connectivity index (χ4n) is 3.45. The topological polar surface area (TPSA) is 75.7 Å². The highest BCUT2D eigenvalue weighted by atomic mass is 35.5. The Balaban J connectivity index is 1.67. The zero-order chi connectivity index (χ0) is 22.4. The number of rotatable bonds is 9. The van der Waals surface area contributed by atoms with Crippen molar-refractivity contribution >= 4 is 44.0 Å². The second kappa shape index (κ2) is 10.0. The molecule has 1 amide bonds. The van der Waals surface area contributed by atoms with E-state index in [-0.39, 0.29) is 13.2 Å². The molecule has 3 aromatic carbocycles. The molecule has 0 saturated carbocycles. The van der Waals surface area contributed by atoms with Gasteiger partial charge in [0.15, 0.2) is 0 Å². The minimum atomic E-state index is -3.71. The van der Waals surface area contributed by atoms with Gasteiger partial charge in [-0.2, -0.15) is 0 Å². The molecule has 0 fully saturated rings. The Kier molecular flexibility index (Phi) is 7.41. The quantitative estimate of drug-likeness (QED) is 0.485. The molecule has 0 spiro atoms. The number of benzene rings is 3. The molecule has 8 heteroatoms. The molecule has 0 aromatic heterocycles. The lowest BCUT2D eigenvalue weighted by atomic mass is 10.1. The molecule has 1 N–H and O–H groups in total. The van der Waals surface area contributed by atoms with Gasteiger partial charge in [-0.1, -0.05) is 61.0 Å². The first-order valence-corrected chi connectivity index (χ1v) is 12.2. The van der Waals surface area contributed by atoms with Gasteiger partial charge in [-0.3, -0.25) is 9.10 Å². The number of nitrogens with zero attached hydrogens (tertiary/aromatic N) is 1. The first-order valence-electron chi connectivity index (χ1n) is 9.94. The monoisotopic (exact) mass is 460 g/mol. The normalized spacial score (nSPS) is 12.4. The number of carbonyl (C=O) groups is 1. The number of fused-ring (bicyclic) bond motifs is 1. The average Bonchev–Trinajstić information content (AvgIpc) is 2.74. The van der Waals surface area contributed by atoms with E-state index in [0.717, 1.165) is 27.1 Å². The van der Waals surface area contributed by atoms with Crippen LogP contribution in [-0.4, -0.2) is 39.8 Å². The molecule has 0 bridgehead atoms. The SMILES string of the molecule is CCC(C(=O)NCCOc1cccc2ccccc12)N(c1cccc(Cl)c1)S(C)(=O)=O. The second-order valence-electron chi connectivity index (χ2n) is 7.08. The summed E-state index contributed by atoms with van der Waals surface area (Å²) >= 11 is 6.03. The van der Waals surface area contributed by atoms with Crippen molar-refractivity contribution in [3.63, 3.8) is 0 Å². The van der Waals surface area contributed by atoms with Crippen molar-refractivity contribution in [1.29, 1.82) is 0 Å². The van der Waals surface area contributed by atoms with Crippen molar-refractivity contribution in [2.75, 3.05) is 23.7 Å². The number of anilines is 1. The summed E-state index contributed by atoms with van der Waals surface area (Å²) in [6.07, 6.45) is 1.38. The van der Waals surface area contributed by atoms with E-state index in [1.807, 2.05) is 42.5 Å². The van der Waals surface area contributed by atoms with Gasteiger partial charge >= 0.3 is 0 Å². The summed E-state index contributed by atoms with van der Waals surface area (Å²) in [6.45, 7) is 2.26. The van der Waals surface area contributed by atoms with Crippen molar-refractivity contribution in [2.24, 2.45) is 0 Å². The zero-order valence-electron chi connectivity index (χ0n) is 17.4. The number of nitrogens with one attached hydrogen (secondary N) is 1. The summed E-state index contributed by atoms with van der Waals surface area (Å²) in [5, 5.41) is 5.24. The maximum absolute atomic E-state index is 12.8. The number of hydrogen-bond donors (Lipinski definition) is 1. The largest absolute Gasteiger partial charge is 0.491 e. The summed E-state index contributed by atoms with van der Waals surface area (Å²) in [7, 11) is -3.71. The first kappa shape index (κ1) is 22.9. The molecular formula is C23H25ClN2O4S. The summed E-state index contributed by atoms with van der Waals surface area (Å²) in [5.74, 6) is 0.338. The first-order chi connectivity index (χ1) is 14.8. The standard InChI is InChI=1S/C23H25ClN2O4S/c1-3-21(26(31(2,28)29)19-11-7-10-18(24)16-19)23(27)25-14-15-30-22-13-6-9-17-8-4-5-12-20(17)22/h4-13,16,21H,3,14-15H2,1-2H3,(H,25,27). The number of hydrogen-bond acceptors (Lipinski definition) is 4. The van der Waals surface area contributed by atoms with Crippen molar-refractivity contribution in [3.8, 4) is 5.75 Å². The third kappa shape index (κ3) is 5.68. The molecule has 1 atom stereocenters. The third-order valence-electron chi connectivity index (χ3n) is 4.80. The predicted molar refractivity (Wildman–Crippen MR) is 125 cm³/mol. The minimum absolute atomic E-state index is 0.242. The Hall–Kier alpha value is -2.77. The number of amides is 1. The number of carbonyl (C=O) groups excluding carboxylic acids is 1. The molecular weight excluding hydrogens is 436 g/mol. The van der Waals surface area contributed by atoms with Gasteiger partial charge in [-0.05, 0) is 36.1 Å². The van der Waals surface area contributed by atoms with Gasteiger partial charge in [0, 0.05) is 10.4 Å². The van der Waals surface area contributed by atoms with Crippen LogP contribution in [-0.2, 0) is 14.8 Å². The summed E-state index contributed by atoms with van der Waals surface area (Å²) in [6, 6.07) is 19.2. The van der Waals surface area contributed by atoms with E-state index in [1.165, 1.54) is 6.07 Å². The van der Waals surface area contributed by atoms with E-state index in [0.29, 0.717) is 17.1 Å². The molecule has 164 valence electrons. The van der Waals surface area contributed by atoms with Crippen molar-refractivity contribution in [3.05, 3.63) is 71.8 Å². The fourth-order valence-corrected chi connectivity index (χ4v) is 4.84. The highest BCUT2D eigenvalue weighted by Crippen LogP contribution is 2.26. The molecule has 0 radical (unpaired) electrons. The van der Waals surface area contributed by atoms with Gasteiger partial charge in [0.05, 0.1) is 18.5 Å². The van der Waals surface area contributed by atoms with Gasteiger partial charge in [0.25, 0.3) is 0 Å². The van der Waals surface area contributed by atoms with Crippen LogP contribution < -0.4 is 14.4 Å². The van der Waals surface area contributed by atoms with E-state index in [4.69, 9.17) is 16.3 Å². The van der Waals surface area contributed by atoms with Gasteiger partial charge in [0.2, 0.25) is 15.9 Å². The Bertz CT molecular complexity index is 1160. The number of ether oxygens (including phenoxy) is 1. The molecule has 0 saturated heterocycles.